The predicted molar refractivity (Wildman–Crippen MR) is 99.0 cm³/mol. The maximum absolute atomic E-state index is 13.2. The van der Waals surface area contributed by atoms with Crippen LogP contribution in [0, 0.1) is 0 Å². The Morgan fingerprint density at radius 1 is 1.20 bits per heavy atom. The van der Waals surface area contributed by atoms with Gasteiger partial charge in [-0.25, -0.2) is 0 Å². The smallest absolute Gasteiger partial charge is 0.435 e. The maximum atomic E-state index is 13.2. The molecular weight excluding hydrogens is 407 g/mol. The van der Waals surface area contributed by atoms with Crippen LogP contribution in [0.1, 0.15) is 27.3 Å². The summed E-state index contributed by atoms with van der Waals surface area (Å²) < 4.78 is 61.8. The second-order valence-corrected chi connectivity index (χ2v) is 6.47. The average molecular weight is 429 g/mol. The van der Waals surface area contributed by atoms with E-state index in [-0.39, 0.29) is 30.8 Å². The molecule has 0 aliphatic carbocycles. The standard InChI is InChI=1S/C19H22F3N3O5/c1-27-14-8-11(9-15(28-2)16(14)29-3)18(26)23-5-6-25-13-4-7-30-10-12(13)17(24-25)19(20,21)22/h8-9H,4-7,10H2,1-3H3,(H,23,26). The van der Waals surface area contributed by atoms with E-state index in [2.05, 4.69) is 10.4 Å². The van der Waals surface area contributed by atoms with Crippen LogP contribution in [-0.2, 0) is 30.5 Å². The number of fused-ring (bicyclic) bond motifs is 1. The number of carbonyl (C=O) groups excluding carboxylic acids is 1. The average Bonchev–Trinajstić information content (AvgIpc) is 3.11. The summed E-state index contributed by atoms with van der Waals surface area (Å²) in [5, 5.41) is 6.39. The van der Waals surface area contributed by atoms with Crippen molar-refractivity contribution in [1.82, 2.24) is 15.1 Å². The first-order valence-corrected chi connectivity index (χ1v) is 9.11. The number of alkyl halides is 3. The van der Waals surface area contributed by atoms with Crippen LogP contribution in [0.3, 0.4) is 0 Å². The third-order valence-electron chi connectivity index (χ3n) is 4.70. The Bertz CT molecular complexity index is 902. The molecule has 3 rings (SSSR count). The molecule has 1 aromatic carbocycles. The van der Waals surface area contributed by atoms with Crippen molar-refractivity contribution >= 4 is 5.91 Å². The molecule has 8 nitrogen and oxygen atoms in total. The number of aromatic nitrogens is 2. The SMILES string of the molecule is COc1cc(C(=O)NCCn2nc(C(F)(F)F)c3c2CCOC3)cc(OC)c1OC. The lowest BCUT2D eigenvalue weighted by molar-refractivity contribution is -0.142. The topological polar surface area (TPSA) is 83.8 Å². The Kier molecular flexibility index (Phi) is 6.40. The quantitative estimate of drug-likeness (QED) is 0.728. The zero-order valence-electron chi connectivity index (χ0n) is 16.8. The van der Waals surface area contributed by atoms with E-state index < -0.39 is 17.8 Å². The third kappa shape index (κ3) is 4.30. The van der Waals surface area contributed by atoms with Gasteiger partial charge in [0, 0.05) is 29.8 Å². The number of rotatable bonds is 7. The van der Waals surface area contributed by atoms with Crippen LogP contribution in [0.15, 0.2) is 12.1 Å². The Labute approximate surface area is 170 Å². The van der Waals surface area contributed by atoms with E-state index in [0.29, 0.717) is 36.0 Å². The molecule has 30 heavy (non-hydrogen) atoms. The summed E-state index contributed by atoms with van der Waals surface area (Å²) in [6, 6.07) is 2.98. The molecule has 0 atom stereocenters. The Morgan fingerprint density at radius 3 is 2.43 bits per heavy atom. The van der Waals surface area contributed by atoms with Crippen molar-refractivity contribution < 1.29 is 36.9 Å². The summed E-state index contributed by atoms with van der Waals surface area (Å²) >= 11 is 0. The van der Waals surface area contributed by atoms with Gasteiger partial charge in [-0.3, -0.25) is 9.48 Å². The molecule has 0 unspecified atom stereocenters. The fourth-order valence-corrected chi connectivity index (χ4v) is 3.31. The first-order chi connectivity index (χ1) is 14.3. The molecule has 1 aliphatic rings. The van der Waals surface area contributed by atoms with E-state index in [1.54, 1.807) is 0 Å². The Morgan fingerprint density at radius 2 is 1.87 bits per heavy atom. The van der Waals surface area contributed by atoms with Crippen molar-refractivity contribution in [3.8, 4) is 17.2 Å². The summed E-state index contributed by atoms with van der Waals surface area (Å²) in [5.41, 5.74) is -0.134. The molecule has 1 amide bonds. The number of halogens is 3. The number of hydrogen-bond donors (Lipinski definition) is 1. The van der Waals surface area contributed by atoms with Gasteiger partial charge in [0.25, 0.3) is 5.91 Å². The van der Waals surface area contributed by atoms with Crippen molar-refractivity contribution in [1.29, 1.82) is 0 Å². The molecule has 0 saturated heterocycles. The van der Waals surface area contributed by atoms with Crippen LogP contribution >= 0.6 is 0 Å². The first-order valence-electron chi connectivity index (χ1n) is 9.11. The van der Waals surface area contributed by atoms with Gasteiger partial charge >= 0.3 is 6.18 Å². The number of hydrogen-bond acceptors (Lipinski definition) is 6. The second kappa shape index (κ2) is 8.82. The van der Waals surface area contributed by atoms with Crippen molar-refractivity contribution in [2.45, 2.75) is 25.7 Å². The maximum Gasteiger partial charge on any atom is 0.435 e. The molecule has 2 aromatic rings. The molecule has 0 saturated carbocycles. The number of benzene rings is 1. The van der Waals surface area contributed by atoms with Crippen molar-refractivity contribution in [3.63, 3.8) is 0 Å². The summed E-state index contributed by atoms with van der Waals surface area (Å²) in [6.07, 6.45) is -4.23. The van der Waals surface area contributed by atoms with Gasteiger partial charge in [0.05, 0.1) is 41.1 Å². The van der Waals surface area contributed by atoms with Gasteiger partial charge < -0.3 is 24.3 Å². The monoisotopic (exact) mass is 429 g/mol. The fraction of sp³-hybridized carbons (Fsp3) is 0.474. The molecule has 11 heteroatoms. The highest BCUT2D eigenvalue weighted by Gasteiger charge is 2.39. The predicted octanol–water partition coefficient (Wildman–Crippen LogP) is 2.43. The minimum atomic E-state index is -4.56. The number of amides is 1. The molecule has 1 aromatic heterocycles. The summed E-state index contributed by atoms with van der Waals surface area (Å²) in [6.45, 7) is 0.381. The van der Waals surface area contributed by atoms with Crippen LogP contribution in [0.4, 0.5) is 13.2 Å². The lowest BCUT2D eigenvalue weighted by Crippen LogP contribution is -2.28. The molecular formula is C19H22F3N3O5. The van der Waals surface area contributed by atoms with Crippen LogP contribution in [0.25, 0.3) is 0 Å². The number of carbonyl (C=O) groups is 1. The zero-order chi connectivity index (χ0) is 21.9. The zero-order valence-corrected chi connectivity index (χ0v) is 16.8. The molecule has 1 N–H and O–H groups in total. The van der Waals surface area contributed by atoms with Crippen molar-refractivity contribution in [2.75, 3.05) is 34.5 Å². The third-order valence-corrected chi connectivity index (χ3v) is 4.70. The van der Waals surface area contributed by atoms with Gasteiger partial charge in [-0.1, -0.05) is 0 Å². The van der Waals surface area contributed by atoms with Gasteiger partial charge in [-0.15, -0.1) is 0 Å². The first kappa shape index (κ1) is 21.8. The van der Waals surface area contributed by atoms with Crippen LogP contribution in [0.2, 0.25) is 0 Å². The lowest BCUT2D eigenvalue weighted by Gasteiger charge is -2.16. The summed E-state index contributed by atoms with van der Waals surface area (Å²) in [5.74, 6) is 0.548. The van der Waals surface area contributed by atoms with Crippen LogP contribution < -0.4 is 19.5 Å². The second-order valence-electron chi connectivity index (χ2n) is 6.47. The molecule has 0 radical (unpaired) electrons. The minimum absolute atomic E-state index is 0.0599. The van der Waals surface area contributed by atoms with E-state index in [1.807, 2.05) is 0 Å². The Balaban J connectivity index is 1.73. The fourth-order valence-electron chi connectivity index (χ4n) is 3.31. The van der Waals surface area contributed by atoms with Gasteiger partial charge in [0.15, 0.2) is 17.2 Å². The molecule has 164 valence electrons. The number of ether oxygens (including phenoxy) is 4. The van der Waals surface area contributed by atoms with Gasteiger partial charge in [0.1, 0.15) is 0 Å². The highest BCUT2D eigenvalue weighted by Crippen LogP contribution is 2.38. The summed E-state index contributed by atoms with van der Waals surface area (Å²) in [4.78, 5) is 12.5. The minimum Gasteiger partial charge on any atom is -0.493 e. The van der Waals surface area contributed by atoms with Crippen LogP contribution in [-0.4, -0.2) is 50.2 Å². The van der Waals surface area contributed by atoms with E-state index in [0.717, 1.165) is 0 Å². The lowest BCUT2D eigenvalue weighted by atomic mass is 10.1. The normalized spacial score (nSPS) is 13.5. The molecule has 2 heterocycles. The number of nitrogens with zero attached hydrogens (tertiary/aromatic N) is 2. The van der Waals surface area contributed by atoms with Crippen LogP contribution in [0.5, 0.6) is 17.2 Å². The van der Waals surface area contributed by atoms with Crippen molar-refractivity contribution in [2.24, 2.45) is 0 Å². The Hall–Kier alpha value is -2.95. The summed E-state index contributed by atoms with van der Waals surface area (Å²) in [7, 11) is 4.31. The number of nitrogens with one attached hydrogen (secondary N) is 1. The van der Waals surface area contributed by atoms with Gasteiger partial charge in [0.2, 0.25) is 5.75 Å². The molecule has 0 spiro atoms. The van der Waals surface area contributed by atoms with E-state index in [1.165, 1.54) is 38.1 Å². The largest absolute Gasteiger partial charge is 0.493 e. The molecule has 1 aliphatic heterocycles. The highest BCUT2D eigenvalue weighted by molar-refractivity contribution is 5.95. The molecule has 0 fully saturated rings. The van der Waals surface area contributed by atoms with Gasteiger partial charge in [-0.2, -0.15) is 18.3 Å². The highest BCUT2D eigenvalue weighted by atomic mass is 19.4. The number of methoxy groups -OCH3 is 3. The van der Waals surface area contributed by atoms with Gasteiger partial charge in [-0.05, 0) is 12.1 Å². The van der Waals surface area contributed by atoms with E-state index in [9.17, 15) is 18.0 Å². The molecule has 0 bridgehead atoms. The van der Waals surface area contributed by atoms with E-state index in [4.69, 9.17) is 18.9 Å². The van der Waals surface area contributed by atoms with E-state index >= 15 is 0 Å². The van der Waals surface area contributed by atoms with Crippen molar-refractivity contribution in [3.05, 3.63) is 34.6 Å².